The normalized spacial score (nSPS) is 11.5. The molecule has 0 aliphatic carbocycles. The van der Waals surface area contributed by atoms with E-state index in [0.29, 0.717) is 16.9 Å². The lowest BCUT2D eigenvalue weighted by atomic mass is 10.1. The number of alkyl halides is 3. The molecule has 1 N–H and O–H groups in total. The summed E-state index contributed by atoms with van der Waals surface area (Å²) in [5.41, 5.74) is 5.49. The van der Waals surface area contributed by atoms with Crippen LogP contribution in [0.3, 0.4) is 0 Å². The van der Waals surface area contributed by atoms with Gasteiger partial charge in [0.1, 0.15) is 0 Å². The number of non-ortho nitro benzene ring substituents is 1. The van der Waals surface area contributed by atoms with E-state index in [1.54, 1.807) is 12.1 Å². The van der Waals surface area contributed by atoms with Gasteiger partial charge in [0.25, 0.3) is 11.6 Å². The minimum absolute atomic E-state index is 0.0532. The van der Waals surface area contributed by atoms with Crippen LogP contribution in [0, 0.1) is 10.1 Å². The number of nitro benzene ring substituents is 1. The van der Waals surface area contributed by atoms with Crippen molar-refractivity contribution in [2.45, 2.75) is 6.18 Å². The van der Waals surface area contributed by atoms with E-state index in [9.17, 15) is 28.1 Å². The molecule has 204 valence electrons. The Bertz CT molecular complexity index is 1730. The third kappa shape index (κ3) is 5.91. The second-order valence-electron chi connectivity index (χ2n) is 8.95. The largest absolute Gasteiger partial charge is 0.416 e. The minimum atomic E-state index is -4.58. The van der Waals surface area contributed by atoms with Crippen molar-refractivity contribution in [3.63, 3.8) is 0 Å². The van der Waals surface area contributed by atoms with E-state index in [0.717, 1.165) is 35.0 Å². The van der Waals surface area contributed by atoms with Crippen molar-refractivity contribution in [3.05, 3.63) is 142 Å². The maximum Gasteiger partial charge on any atom is 0.416 e. The number of carbonyl (C=O) groups excluding carboxylic acids is 1. The van der Waals surface area contributed by atoms with Gasteiger partial charge in [-0.15, -0.1) is 0 Å². The van der Waals surface area contributed by atoms with Crippen molar-refractivity contribution >= 4 is 17.8 Å². The SMILES string of the molecule is O=C(N/N=C\c1cc(-c2ccccc2)n(-c2ccc([N+](=O)[O-])cc2)c1-c1ccccc1)c1cccc(C(F)(F)F)c1. The highest BCUT2D eigenvalue weighted by atomic mass is 19.4. The van der Waals surface area contributed by atoms with E-state index in [-0.39, 0.29) is 11.3 Å². The summed E-state index contributed by atoms with van der Waals surface area (Å²) in [6, 6.07) is 30.9. The standard InChI is InChI=1S/C31H21F3N4O3/c32-31(33,34)25-13-7-12-23(18-25)30(39)36-35-20-24-19-28(21-8-3-1-4-9-21)37(29(24)22-10-5-2-6-11-22)26-14-16-27(17-15-26)38(40)41/h1-20H,(H,36,39)/b35-20-. The van der Waals surface area contributed by atoms with Gasteiger partial charge in [0, 0.05) is 28.9 Å². The first kappa shape index (κ1) is 27.1. The number of nitro groups is 1. The van der Waals surface area contributed by atoms with Crippen molar-refractivity contribution in [1.29, 1.82) is 0 Å². The molecule has 0 atom stereocenters. The molecule has 0 saturated heterocycles. The summed E-state index contributed by atoms with van der Waals surface area (Å²) in [5, 5.41) is 15.3. The van der Waals surface area contributed by atoms with E-state index >= 15 is 0 Å². The van der Waals surface area contributed by atoms with Crippen LogP contribution in [0.1, 0.15) is 21.5 Å². The van der Waals surface area contributed by atoms with Gasteiger partial charge >= 0.3 is 6.18 Å². The molecular weight excluding hydrogens is 533 g/mol. The third-order valence-corrected chi connectivity index (χ3v) is 6.29. The highest BCUT2D eigenvalue weighted by Gasteiger charge is 2.31. The molecule has 0 saturated carbocycles. The zero-order chi connectivity index (χ0) is 29.0. The predicted octanol–water partition coefficient (Wildman–Crippen LogP) is 7.50. The number of halogens is 3. The summed E-state index contributed by atoms with van der Waals surface area (Å²) >= 11 is 0. The van der Waals surface area contributed by atoms with Crippen molar-refractivity contribution in [2.75, 3.05) is 0 Å². The van der Waals surface area contributed by atoms with Crippen LogP contribution < -0.4 is 5.43 Å². The summed E-state index contributed by atoms with van der Waals surface area (Å²) in [5.74, 6) is -0.799. The van der Waals surface area contributed by atoms with Crippen molar-refractivity contribution in [1.82, 2.24) is 9.99 Å². The van der Waals surface area contributed by atoms with Crippen molar-refractivity contribution < 1.29 is 22.9 Å². The molecule has 1 aromatic heterocycles. The number of nitrogens with zero attached hydrogens (tertiary/aromatic N) is 3. The number of aromatic nitrogens is 1. The van der Waals surface area contributed by atoms with Gasteiger partial charge in [-0.2, -0.15) is 18.3 Å². The fourth-order valence-corrected chi connectivity index (χ4v) is 4.39. The van der Waals surface area contributed by atoms with E-state index in [2.05, 4.69) is 10.5 Å². The molecule has 0 radical (unpaired) electrons. The van der Waals surface area contributed by atoms with Gasteiger partial charge in [-0.3, -0.25) is 14.9 Å². The highest BCUT2D eigenvalue weighted by Crippen LogP contribution is 2.36. The van der Waals surface area contributed by atoms with Crippen LogP contribution in [-0.2, 0) is 6.18 Å². The Hall–Kier alpha value is -5.51. The predicted molar refractivity (Wildman–Crippen MR) is 150 cm³/mol. The third-order valence-electron chi connectivity index (χ3n) is 6.29. The van der Waals surface area contributed by atoms with Crippen LogP contribution in [-0.4, -0.2) is 21.6 Å². The number of hydrogen-bond acceptors (Lipinski definition) is 4. The quantitative estimate of drug-likeness (QED) is 0.128. The molecule has 4 aromatic carbocycles. The Morgan fingerprint density at radius 2 is 1.46 bits per heavy atom. The van der Waals surface area contributed by atoms with Gasteiger partial charge in [0.2, 0.25) is 0 Å². The summed E-state index contributed by atoms with van der Waals surface area (Å²) in [6.07, 6.45) is -3.17. The number of benzene rings is 4. The lowest BCUT2D eigenvalue weighted by Gasteiger charge is -2.15. The topological polar surface area (TPSA) is 89.5 Å². The molecule has 7 nitrogen and oxygen atoms in total. The Kier molecular flexibility index (Phi) is 7.47. The lowest BCUT2D eigenvalue weighted by Crippen LogP contribution is -2.18. The Morgan fingerprint density at radius 3 is 2.07 bits per heavy atom. The van der Waals surface area contributed by atoms with Crippen LogP contribution in [0.15, 0.2) is 120 Å². The van der Waals surface area contributed by atoms with Gasteiger partial charge in [-0.25, -0.2) is 5.43 Å². The van der Waals surface area contributed by atoms with E-state index < -0.39 is 22.6 Å². The monoisotopic (exact) mass is 554 g/mol. The van der Waals surface area contributed by atoms with Gasteiger partial charge < -0.3 is 4.57 Å². The molecular formula is C31H21F3N4O3. The zero-order valence-corrected chi connectivity index (χ0v) is 21.2. The van der Waals surface area contributed by atoms with Crippen LogP contribution in [0.2, 0.25) is 0 Å². The molecule has 10 heteroatoms. The van der Waals surface area contributed by atoms with Crippen LogP contribution in [0.4, 0.5) is 18.9 Å². The molecule has 1 heterocycles. The molecule has 41 heavy (non-hydrogen) atoms. The fourth-order valence-electron chi connectivity index (χ4n) is 4.39. The molecule has 0 unspecified atom stereocenters. The van der Waals surface area contributed by atoms with Crippen LogP contribution in [0.25, 0.3) is 28.2 Å². The molecule has 0 spiro atoms. The van der Waals surface area contributed by atoms with Gasteiger partial charge in [-0.1, -0.05) is 66.7 Å². The number of carbonyl (C=O) groups is 1. The van der Waals surface area contributed by atoms with Crippen molar-refractivity contribution in [3.8, 4) is 28.2 Å². The first-order valence-electron chi connectivity index (χ1n) is 12.3. The second-order valence-corrected chi connectivity index (χ2v) is 8.95. The molecule has 0 aliphatic rings. The fraction of sp³-hybridized carbons (Fsp3) is 0.0323. The van der Waals surface area contributed by atoms with E-state index in [4.69, 9.17) is 0 Å². The molecule has 5 aromatic rings. The lowest BCUT2D eigenvalue weighted by molar-refractivity contribution is -0.384. The Balaban J connectivity index is 1.60. The second kappa shape index (κ2) is 11.3. The average molecular weight is 555 g/mol. The first-order valence-corrected chi connectivity index (χ1v) is 12.3. The van der Waals surface area contributed by atoms with E-state index in [1.165, 1.54) is 24.4 Å². The number of nitrogens with one attached hydrogen (secondary N) is 1. The number of hydrogen-bond donors (Lipinski definition) is 1. The summed E-state index contributed by atoms with van der Waals surface area (Å²) in [7, 11) is 0. The number of amides is 1. The zero-order valence-electron chi connectivity index (χ0n) is 21.2. The molecule has 5 rings (SSSR count). The van der Waals surface area contributed by atoms with Gasteiger partial charge in [0.15, 0.2) is 0 Å². The van der Waals surface area contributed by atoms with Gasteiger partial charge in [-0.05, 0) is 47.5 Å². The average Bonchev–Trinajstić information content (AvgIpc) is 3.37. The Labute approximate surface area is 232 Å². The molecule has 0 bridgehead atoms. The smallest absolute Gasteiger partial charge is 0.309 e. The highest BCUT2D eigenvalue weighted by molar-refractivity contribution is 5.97. The van der Waals surface area contributed by atoms with Crippen LogP contribution in [0.5, 0.6) is 0 Å². The summed E-state index contributed by atoms with van der Waals surface area (Å²) < 4.78 is 41.2. The Morgan fingerprint density at radius 1 is 0.829 bits per heavy atom. The molecule has 0 fully saturated rings. The first-order chi connectivity index (χ1) is 19.7. The summed E-state index contributed by atoms with van der Waals surface area (Å²) in [4.78, 5) is 23.4. The van der Waals surface area contributed by atoms with Gasteiger partial charge in [0.05, 0.1) is 28.1 Å². The van der Waals surface area contributed by atoms with E-state index in [1.807, 2.05) is 71.3 Å². The molecule has 0 aliphatic heterocycles. The number of rotatable bonds is 7. The molecule has 1 amide bonds. The number of hydrazone groups is 1. The maximum absolute atomic E-state index is 13.1. The summed E-state index contributed by atoms with van der Waals surface area (Å²) in [6.45, 7) is 0. The van der Waals surface area contributed by atoms with Crippen LogP contribution >= 0.6 is 0 Å². The minimum Gasteiger partial charge on any atom is -0.309 e. The van der Waals surface area contributed by atoms with Crippen molar-refractivity contribution in [2.24, 2.45) is 5.10 Å². The maximum atomic E-state index is 13.1.